The van der Waals surface area contributed by atoms with Gasteiger partial charge in [0.2, 0.25) is 5.52 Å². The summed E-state index contributed by atoms with van der Waals surface area (Å²) in [4.78, 5) is 10.5. The van der Waals surface area contributed by atoms with E-state index in [4.69, 9.17) is 0 Å². The van der Waals surface area contributed by atoms with Crippen LogP contribution in [-0.4, -0.2) is 11.1 Å². The van der Waals surface area contributed by atoms with Crippen LogP contribution in [0.2, 0.25) is 0 Å². The summed E-state index contributed by atoms with van der Waals surface area (Å²) in [6, 6.07) is 10.1. The molecule has 29 heteroatoms. The van der Waals surface area contributed by atoms with E-state index in [9.17, 15) is 115 Å². The summed E-state index contributed by atoms with van der Waals surface area (Å²) >= 11 is 0. The lowest BCUT2D eigenvalue weighted by molar-refractivity contribution is -0.662. The molecular weight excluding hydrogens is 1100 g/mol. The number of nitro groups is 1. The zero-order valence-electron chi connectivity index (χ0n) is 37.3. The quantitative estimate of drug-likeness (QED) is 0.0525. The standard InChI is InChI=1S/C32H12BF24.C16H13N2O2/c34-25(35,36)13-1-14(26(37,38)39)6-21(5-13)33(22-7-15(27(40,41)42)2-16(8-22)28(43,44)45,23-9-17(29(46,47)48)3-18(10-23)30(49,50)51)24-11-19(31(52,53)54)4-20(12-24)32(55,56)57;19-18(20)15-8-3-5-13(11-15)12-17-10-4-7-14-6-1-2-9-16(14)17/h1-12H;1-11H,12H2/q-1;+1. The number of nitro benzene ring substituents is 1. The van der Waals surface area contributed by atoms with Crippen LogP contribution in [0.5, 0.6) is 0 Å². The lowest BCUT2D eigenvalue weighted by Crippen LogP contribution is -2.75. The van der Waals surface area contributed by atoms with Gasteiger partial charge in [-0.3, -0.25) is 10.1 Å². The second-order valence-electron chi connectivity index (χ2n) is 16.8. The summed E-state index contributed by atoms with van der Waals surface area (Å²) in [6.45, 7) is 0.614. The van der Waals surface area contributed by atoms with Crippen LogP contribution in [-0.2, 0) is 56.0 Å². The number of hydrogen-bond acceptors (Lipinski definition) is 2. The van der Waals surface area contributed by atoms with Gasteiger partial charge in [-0.2, -0.15) is 132 Å². The van der Waals surface area contributed by atoms with Gasteiger partial charge < -0.3 is 0 Å². The van der Waals surface area contributed by atoms with Crippen molar-refractivity contribution in [2.45, 2.75) is 56.0 Å². The first-order chi connectivity index (χ1) is 35.0. The molecule has 0 aliphatic heterocycles. The summed E-state index contributed by atoms with van der Waals surface area (Å²) in [7, 11) is 0. The molecule has 77 heavy (non-hydrogen) atoms. The Bertz CT molecular complexity index is 2890. The highest BCUT2D eigenvalue weighted by Crippen LogP contribution is 2.41. The average molecular weight is 1130 g/mol. The van der Waals surface area contributed by atoms with Crippen LogP contribution in [0.25, 0.3) is 10.9 Å². The topological polar surface area (TPSA) is 47.0 Å². The van der Waals surface area contributed by atoms with Crippen molar-refractivity contribution in [1.29, 1.82) is 0 Å². The van der Waals surface area contributed by atoms with Crippen LogP contribution in [0, 0.1) is 10.1 Å². The van der Waals surface area contributed by atoms with Crippen LogP contribution in [0.4, 0.5) is 111 Å². The number of pyridine rings is 1. The smallest absolute Gasteiger partial charge is 0.258 e. The summed E-state index contributed by atoms with van der Waals surface area (Å²) < 4.78 is 343. The number of fused-ring (bicyclic) bond motifs is 1. The molecule has 0 aliphatic rings. The third-order valence-corrected chi connectivity index (χ3v) is 11.7. The van der Waals surface area contributed by atoms with Crippen molar-refractivity contribution in [3.8, 4) is 0 Å². The summed E-state index contributed by atoms with van der Waals surface area (Å²) in [5.41, 5.74) is -28.0. The molecule has 7 rings (SSSR count). The molecule has 7 aromatic rings. The first-order valence-electron chi connectivity index (χ1n) is 21.0. The van der Waals surface area contributed by atoms with Gasteiger partial charge in [0, 0.05) is 35.2 Å². The molecular formula is C48H25BF24N2O2. The van der Waals surface area contributed by atoms with Gasteiger partial charge in [0.1, 0.15) is 6.15 Å². The molecule has 0 spiro atoms. The van der Waals surface area contributed by atoms with Gasteiger partial charge in [-0.25, -0.2) is 0 Å². The van der Waals surface area contributed by atoms with Crippen molar-refractivity contribution in [3.05, 3.63) is 200 Å². The molecule has 4 nitrogen and oxygen atoms in total. The van der Waals surface area contributed by atoms with Crippen LogP contribution in [0.1, 0.15) is 50.1 Å². The van der Waals surface area contributed by atoms with Gasteiger partial charge in [-0.15, -0.1) is 0 Å². The molecule has 0 bridgehead atoms. The van der Waals surface area contributed by atoms with Crippen molar-refractivity contribution in [3.63, 3.8) is 0 Å². The van der Waals surface area contributed by atoms with Crippen molar-refractivity contribution in [2.75, 3.05) is 0 Å². The highest BCUT2D eigenvalue weighted by atomic mass is 19.4. The Morgan fingerprint density at radius 1 is 0.364 bits per heavy atom. The maximum Gasteiger partial charge on any atom is 0.416 e. The molecule has 0 saturated heterocycles. The SMILES string of the molecule is FC(F)(F)c1cc([B-](c2cc(C(F)(F)F)cc(C(F)(F)F)c2)(c2cc(C(F)(F)F)cc(C(F)(F)F)c2)c2cc(C(F)(F)F)cc(C(F)(F)F)c2)cc(C(F)(F)F)c1.O=[N+]([O-])c1cccc(C[n+]2cccc3ccccc32)c1. The summed E-state index contributed by atoms with van der Waals surface area (Å²) in [5, 5.41) is 12.0. The normalized spacial score (nSPS) is 13.4. The number of hydrogen-bond donors (Lipinski definition) is 0. The molecule has 0 N–H and O–H groups in total. The largest absolute Gasteiger partial charge is 0.416 e. The number of para-hydroxylation sites is 1. The first-order valence-corrected chi connectivity index (χ1v) is 21.0. The molecule has 1 heterocycles. The van der Waals surface area contributed by atoms with E-state index in [2.05, 4.69) is 16.7 Å². The van der Waals surface area contributed by atoms with E-state index >= 15 is 0 Å². The number of aromatic nitrogens is 1. The Morgan fingerprint density at radius 3 is 0.935 bits per heavy atom. The Morgan fingerprint density at radius 2 is 0.649 bits per heavy atom. The highest BCUT2D eigenvalue weighted by Gasteiger charge is 2.47. The fourth-order valence-corrected chi connectivity index (χ4v) is 8.39. The van der Waals surface area contributed by atoms with E-state index in [0.29, 0.717) is 6.54 Å². The first kappa shape index (κ1) is 58.8. The molecule has 410 valence electrons. The van der Waals surface area contributed by atoms with Gasteiger partial charge in [0.25, 0.3) is 5.69 Å². The fourth-order valence-electron chi connectivity index (χ4n) is 8.39. The number of nitrogens with zero attached hydrogens (tertiary/aromatic N) is 2. The molecule has 0 fully saturated rings. The summed E-state index contributed by atoms with van der Waals surface area (Å²) in [5.74, 6) is 0. The zero-order valence-corrected chi connectivity index (χ0v) is 37.3. The van der Waals surface area contributed by atoms with Crippen LogP contribution >= 0.6 is 0 Å². The lowest BCUT2D eigenvalue weighted by atomic mass is 9.12. The molecule has 0 saturated carbocycles. The Hall–Kier alpha value is -7.49. The van der Waals surface area contributed by atoms with Crippen molar-refractivity contribution >= 4 is 44.6 Å². The molecule has 0 amide bonds. The minimum absolute atomic E-state index is 0.128. The molecule has 0 atom stereocenters. The highest BCUT2D eigenvalue weighted by molar-refractivity contribution is 7.20. The maximum absolute atomic E-state index is 14.2. The number of rotatable bonds is 7. The van der Waals surface area contributed by atoms with E-state index in [1.807, 2.05) is 36.5 Å². The number of alkyl halides is 24. The van der Waals surface area contributed by atoms with Crippen LogP contribution in [0.3, 0.4) is 0 Å². The minimum Gasteiger partial charge on any atom is -0.258 e. The van der Waals surface area contributed by atoms with E-state index < -0.39 is 195 Å². The summed E-state index contributed by atoms with van der Waals surface area (Å²) in [6.07, 6.45) is -52.8. The Kier molecular flexibility index (Phi) is 15.4. The predicted octanol–water partition coefficient (Wildman–Crippen LogP) is 14.3. The van der Waals surface area contributed by atoms with Gasteiger partial charge in [0.05, 0.1) is 49.4 Å². The molecule has 0 aliphatic carbocycles. The molecule has 1 aromatic heterocycles. The third kappa shape index (κ3) is 13.2. The second kappa shape index (κ2) is 20.1. The van der Waals surface area contributed by atoms with Gasteiger partial charge in [-0.05, 0) is 36.4 Å². The second-order valence-corrected chi connectivity index (χ2v) is 16.8. The van der Waals surface area contributed by atoms with E-state index in [1.54, 1.807) is 12.1 Å². The third-order valence-electron chi connectivity index (χ3n) is 11.7. The van der Waals surface area contributed by atoms with Crippen molar-refractivity contribution < 1.29 is 115 Å². The predicted molar refractivity (Wildman–Crippen MR) is 226 cm³/mol. The van der Waals surface area contributed by atoms with E-state index in [1.165, 1.54) is 6.07 Å². The minimum atomic E-state index is -6.13. The average Bonchev–Trinajstić information content (AvgIpc) is 3.30. The van der Waals surface area contributed by atoms with Crippen LogP contribution in [0.15, 0.2) is 140 Å². The van der Waals surface area contributed by atoms with Gasteiger partial charge in [0.15, 0.2) is 12.7 Å². The van der Waals surface area contributed by atoms with Crippen LogP contribution < -0.4 is 26.4 Å². The Labute approximate surface area is 414 Å². The van der Waals surface area contributed by atoms with Gasteiger partial charge in [-0.1, -0.05) is 72.8 Å². The zero-order chi connectivity index (χ0) is 57.9. The monoisotopic (exact) mass is 1130 g/mol. The number of non-ortho nitro benzene ring substituents is 1. The number of halogens is 24. The van der Waals surface area contributed by atoms with E-state index in [-0.39, 0.29) is 10.6 Å². The maximum atomic E-state index is 14.2. The van der Waals surface area contributed by atoms with Crippen molar-refractivity contribution in [2.24, 2.45) is 0 Å². The van der Waals surface area contributed by atoms with E-state index in [0.717, 1.165) is 16.5 Å². The molecule has 0 unspecified atom stereocenters. The molecule has 0 radical (unpaired) electrons. The lowest BCUT2D eigenvalue weighted by Gasteiger charge is -2.46. The molecule has 6 aromatic carbocycles. The number of benzene rings is 6. The Balaban J connectivity index is 0.000000397. The fraction of sp³-hybridized carbons (Fsp3) is 0.188. The van der Waals surface area contributed by atoms with Gasteiger partial charge >= 0.3 is 49.4 Å². The van der Waals surface area contributed by atoms with Crippen molar-refractivity contribution in [1.82, 2.24) is 0 Å².